The summed E-state index contributed by atoms with van der Waals surface area (Å²) in [5, 5.41) is 0. The molecule has 7 aliphatic heterocycles. The van der Waals surface area contributed by atoms with Gasteiger partial charge in [0.2, 0.25) is 0 Å². The monoisotopic (exact) mass is 976 g/mol. The molecule has 1 saturated carbocycles. The molecule has 1 aliphatic carbocycles. The summed E-state index contributed by atoms with van der Waals surface area (Å²) < 4.78 is 72.6. The third-order valence-corrected chi connectivity index (χ3v) is 17.4. The molecule has 0 bridgehead atoms. The van der Waals surface area contributed by atoms with Gasteiger partial charge in [-0.05, 0) is 56.9 Å². The summed E-state index contributed by atoms with van der Waals surface area (Å²) in [6.45, 7) is 8.57. The molecule has 0 amide bonds. The molecule has 7 heterocycles. The molecule has 0 aromatic heterocycles. The Labute approximate surface area is 382 Å². The van der Waals surface area contributed by atoms with Crippen molar-refractivity contribution < 1.29 is 62.0 Å². The molecular formula is C40H76O14Si7. The van der Waals surface area contributed by atoms with Gasteiger partial charge in [-0.3, -0.25) is 0 Å². The zero-order valence-electron chi connectivity index (χ0n) is 37.4. The minimum atomic E-state index is -0.586. The fourth-order valence-electron chi connectivity index (χ4n) is 6.41. The lowest BCUT2D eigenvalue weighted by Crippen LogP contribution is -2.40. The van der Waals surface area contributed by atoms with Gasteiger partial charge in [-0.2, -0.15) is 0 Å². The van der Waals surface area contributed by atoms with E-state index in [9.17, 15) is 0 Å². The Kier molecular flexibility index (Phi) is 30.2. The molecule has 7 saturated heterocycles. The fourth-order valence-corrected chi connectivity index (χ4v) is 11.3. The summed E-state index contributed by atoms with van der Waals surface area (Å²) in [5.41, 5.74) is 2.41. The van der Waals surface area contributed by atoms with Crippen LogP contribution in [0.2, 0.25) is 0 Å². The van der Waals surface area contributed by atoms with E-state index in [1.807, 2.05) is 48.5 Å². The molecular weight excluding hydrogens is 901 g/mol. The summed E-state index contributed by atoms with van der Waals surface area (Å²) in [6.07, 6.45) is 20.5. The van der Waals surface area contributed by atoms with Crippen LogP contribution >= 0.6 is 0 Å². The van der Waals surface area contributed by atoms with E-state index in [0.29, 0.717) is 0 Å². The van der Waals surface area contributed by atoms with E-state index < -0.39 is 70.0 Å². The molecule has 10 rings (SSSR count). The zero-order chi connectivity index (χ0) is 43.0. The Balaban J connectivity index is 0.000000158. The van der Waals surface area contributed by atoms with E-state index in [1.165, 1.54) is 76.2 Å². The molecule has 0 spiro atoms. The smallest absolute Gasteiger partial charge is 0.309 e. The van der Waals surface area contributed by atoms with E-state index in [1.54, 1.807) is 0 Å². The standard InChI is InChI=1S/C8H10O2Si.C7H14O2Si.C7H8O2Si.C6H14O2Si.C5H12O2Si.C4H10O2Si.C3H8O2Si/c1-2-4-7(5-3-1)6-8-9-11-10-8;2*1-2-4-6(5-3-1)7-8-10-9-7;1-2-3-4-5-6-7-9-8-6;1-2-3-4-5-6-8-7-5;1-2-3-4-5-7-6-4;1-2-3-4-6-5-3/h1-5,8H,6,11H2;6-7H,1-5,10H2;1-5,7H,10H2;6H,2-5,9H2,1H3;5H,2-4,8H2,1H3;4H,2-3,7H2,1H3;3H,2,6H2,1H3. The van der Waals surface area contributed by atoms with Crippen molar-refractivity contribution in [3.8, 4) is 0 Å². The Morgan fingerprint density at radius 2 is 0.885 bits per heavy atom. The summed E-state index contributed by atoms with van der Waals surface area (Å²) in [5.74, 6) is 0.745. The maximum Gasteiger partial charge on any atom is 0.309 e. The third-order valence-electron chi connectivity index (χ3n) is 10.5. The Morgan fingerprint density at radius 1 is 0.426 bits per heavy atom. The highest BCUT2D eigenvalue weighted by Crippen LogP contribution is 2.30. The minimum absolute atomic E-state index is 0.0483. The van der Waals surface area contributed by atoms with Crippen molar-refractivity contribution in [2.45, 2.75) is 174 Å². The van der Waals surface area contributed by atoms with Gasteiger partial charge in [0, 0.05) is 17.9 Å². The van der Waals surface area contributed by atoms with Gasteiger partial charge in [0.25, 0.3) is 0 Å². The van der Waals surface area contributed by atoms with Crippen LogP contribution in [-0.4, -0.2) is 108 Å². The van der Waals surface area contributed by atoms with Crippen molar-refractivity contribution in [1.82, 2.24) is 0 Å². The van der Waals surface area contributed by atoms with Crippen molar-refractivity contribution in [3.63, 3.8) is 0 Å². The molecule has 2 aromatic carbocycles. The van der Waals surface area contributed by atoms with Crippen LogP contribution in [0.1, 0.15) is 141 Å². The van der Waals surface area contributed by atoms with Crippen molar-refractivity contribution >= 4 is 70.0 Å². The van der Waals surface area contributed by atoms with Crippen molar-refractivity contribution in [3.05, 3.63) is 71.8 Å². The van der Waals surface area contributed by atoms with E-state index in [4.69, 9.17) is 62.0 Å². The predicted octanol–water partition coefficient (Wildman–Crippen LogP) is 3.68. The van der Waals surface area contributed by atoms with Crippen LogP contribution < -0.4 is 0 Å². The summed E-state index contributed by atoms with van der Waals surface area (Å²) in [7, 11) is -3.50. The van der Waals surface area contributed by atoms with Crippen LogP contribution in [0, 0.1) is 5.92 Å². The lowest BCUT2D eigenvalue weighted by atomic mass is 9.89. The fraction of sp³-hybridized carbons (Fsp3) is 0.700. The third kappa shape index (κ3) is 23.4. The Hall–Kier alpha value is -0.602. The second kappa shape index (κ2) is 34.7. The van der Waals surface area contributed by atoms with Gasteiger partial charge in [-0.25, -0.2) is 0 Å². The van der Waals surface area contributed by atoms with E-state index in [0.717, 1.165) is 43.6 Å². The minimum Gasteiger partial charge on any atom is -0.373 e. The Morgan fingerprint density at radius 3 is 1.25 bits per heavy atom. The first-order valence-electron chi connectivity index (χ1n) is 22.8. The predicted molar refractivity (Wildman–Crippen MR) is 252 cm³/mol. The van der Waals surface area contributed by atoms with Gasteiger partial charge in [0.05, 0.1) is 0 Å². The lowest BCUT2D eigenvalue weighted by Gasteiger charge is -2.36. The van der Waals surface area contributed by atoms with Crippen molar-refractivity contribution in [2.75, 3.05) is 0 Å². The highest BCUT2D eigenvalue weighted by molar-refractivity contribution is 6.22. The molecule has 61 heavy (non-hydrogen) atoms. The van der Waals surface area contributed by atoms with Gasteiger partial charge < -0.3 is 62.0 Å². The highest BCUT2D eigenvalue weighted by Gasteiger charge is 2.30. The van der Waals surface area contributed by atoms with Crippen LogP contribution in [0.15, 0.2) is 60.7 Å². The van der Waals surface area contributed by atoms with Crippen LogP contribution in [0.25, 0.3) is 0 Å². The number of rotatable bonds is 14. The summed E-state index contributed by atoms with van der Waals surface area (Å²) in [4.78, 5) is 0. The van der Waals surface area contributed by atoms with E-state index in [-0.39, 0.29) is 44.0 Å². The second-order valence-corrected chi connectivity index (χ2v) is 21.7. The molecule has 0 unspecified atom stereocenters. The van der Waals surface area contributed by atoms with Gasteiger partial charge in [-0.1, -0.05) is 133 Å². The molecule has 0 radical (unpaired) electrons. The maximum atomic E-state index is 5.39. The average Bonchev–Trinajstić information content (AvgIpc) is 3.16. The summed E-state index contributed by atoms with van der Waals surface area (Å²) >= 11 is 0. The normalized spacial score (nSPS) is 30.5. The van der Waals surface area contributed by atoms with Gasteiger partial charge in [-0.15, -0.1) is 0 Å². The maximum absolute atomic E-state index is 5.39. The van der Waals surface area contributed by atoms with Crippen LogP contribution in [0.3, 0.4) is 0 Å². The largest absolute Gasteiger partial charge is 0.373 e. The zero-order valence-corrected chi connectivity index (χ0v) is 47.3. The SMILES string of the molecule is C1CCC(C2O[SiH2]O2)CC1.CCC1O[SiH2]O1.CCCC1O[SiH2]O1.CCCCC1O[SiH2]O1.CCCCCC1O[SiH2]O1.c1ccc(C2O[SiH2]O2)cc1.c1ccc(CC2O[SiH2]O2)cc1. The molecule has 2 aromatic rings. The Bertz CT molecular complexity index is 1290. The first-order valence-corrected chi connectivity index (χ1v) is 30.9. The van der Waals surface area contributed by atoms with Crippen LogP contribution in [0.4, 0.5) is 0 Å². The van der Waals surface area contributed by atoms with Crippen molar-refractivity contribution in [2.24, 2.45) is 5.92 Å². The van der Waals surface area contributed by atoms with Gasteiger partial charge in [0.15, 0.2) is 6.29 Å². The highest BCUT2D eigenvalue weighted by atomic mass is 28.3. The molecule has 21 heteroatoms. The number of hydrogen-bond acceptors (Lipinski definition) is 14. The molecule has 14 nitrogen and oxygen atoms in total. The van der Waals surface area contributed by atoms with Gasteiger partial charge in [0.1, 0.15) is 37.7 Å². The second-order valence-electron chi connectivity index (χ2n) is 15.3. The molecule has 348 valence electrons. The lowest BCUT2D eigenvalue weighted by molar-refractivity contribution is -0.139. The first kappa shape index (κ1) is 53.0. The number of hydrogen-bond donors (Lipinski definition) is 0. The number of benzene rings is 2. The molecule has 8 fully saturated rings. The molecule has 0 atom stereocenters. The van der Waals surface area contributed by atoms with Crippen LogP contribution in [-0.2, 0) is 68.4 Å². The summed E-state index contributed by atoms with van der Waals surface area (Å²) in [6, 6.07) is 20.2. The van der Waals surface area contributed by atoms with Crippen LogP contribution in [0.5, 0.6) is 0 Å². The van der Waals surface area contributed by atoms with E-state index in [2.05, 4.69) is 39.8 Å². The number of unbranched alkanes of at least 4 members (excludes halogenated alkanes) is 3. The van der Waals surface area contributed by atoms with Crippen molar-refractivity contribution in [1.29, 1.82) is 0 Å². The quantitative estimate of drug-likeness (QED) is 0.202. The first-order chi connectivity index (χ1) is 30.1. The molecule has 0 N–H and O–H groups in total. The van der Waals surface area contributed by atoms with Gasteiger partial charge >= 0.3 is 70.0 Å². The average molecular weight is 978 g/mol. The molecule has 8 aliphatic rings. The topological polar surface area (TPSA) is 129 Å². The van der Waals surface area contributed by atoms with E-state index >= 15 is 0 Å².